The van der Waals surface area contributed by atoms with Crippen LogP contribution in [0.5, 0.6) is 0 Å². The first-order chi connectivity index (χ1) is 12.3. The van der Waals surface area contributed by atoms with Crippen molar-refractivity contribution in [2.45, 2.75) is 14.7 Å². The maximum atomic E-state index is 12.8. The van der Waals surface area contributed by atoms with Crippen molar-refractivity contribution in [1.29, 1.82) is 0 Å². The summed E-state index contributed by atoms with van der Waals surface area (Å²) in [6, 6.07) is 19.8. The molecule has 0 heterocycles. The number of sulfone groups is 1. The molecule has 0 saturated carbocycles. The van der Waals surface area contributed by atoms with E-state index in [9.17, 15) is 16.8 Å². The standard InChI is InChI=1S/C18H14BrNO4S2/c19-14-9-11-16(12-10-14)25(21,22)17-7-4-8-18(13-17)26(23,24)20-15-5-2-1-3-6-15/h1-13,20H. The van der Waals surface area contributed by atoms with Crippen LogP contribution >= 0.6 is 15.9 Å². The van der Waals surface area contributed by atoms with Gasteiger partial charge in [-0.05, 0) is 54.6 Å². The number of anilines is 1. The van der Waals surface area contributed by atoms with E-state index in [4.69, 9.17) is 0 Å². The zero-order valence-corrected chi connectivity index (χ0v) is 16.6. The highest BCUT2D eigenvalue weighted by molar-refractivity contribution is 9.10. The van der Waals surface area contributed by atoms with E-state index in [1.807, 2.05) is 0 Å². The molecule has 3 aromatic rings. The first-order valence-corrected chi connectivity index (χ1v) is 11.2. The highest BCUT2D eigenvalue weighted by Gasteiger charge is 2.21. The Morgan fingerprint density at radius 1 is 0.654 bits per heavy atom. The average molecular weight is 452 g/mol. The Balaban J connectivity index is 1.99. The van der Waals surface area contributed by atoms with Gasteiger partial charge in [0.2, 0.25) is 9.84 Å². The van der Waals surface area contributed by atoms with Crippen LogP contribution < -0.4 is 4.72 Å². The molecule has 1 N–H and O–H groups in total. The minimum absolute atomic E-state index is 0.0873. The van der Waals surface area contributed by atoms with Gasteiger partial charge in [-0.3, -0.25) is 4.72 Å². The third-order valence-electron chi connectivity index (χ3n) is 3.58. The molecule has 0 saturated heterocycles. The summed E-state index contributed by atoms with van der Waals surface area (Å²) in [5, 5.41) is 0. The molecule has 8 heteroatoms. The van der Waals surface area contributed by atoms with Crippen molar-refractivity contribution >= 4 is 41.5 Å². The molecule has 0 aliphatic rings. The number of benzene rings is 3. The van der Waals surface area contributed by atoms with Gasteiger partial charge in [-0.25, -0.2) is 16.8 Å². The summed E-state index contributed by atoms with van der Waals surface area (Å²) < 4.78 is 53.8. The van der Waals surface area contributed by atoms with Crippen molar-refractivity contribution < 1.29 is 16.8 Å². The fraction of sp³-hybridized carbons (Fsp3) is 0. The van der Waals surface area contributed by atoms with Crippen molar-refractivity contribution in [2.75, 3.05) is 4.72 Å². The van der Waals surface area contributed by atoms with Gasteiger partial charge in [-0.1, -0.05) is 40.2 Å². The van der Waals surface area contributed by atoms with Crippen LogP contribution in [0.3, 0.4) is 0 Å². The molecular weight excluding hydrogens is 438 g/mol. The van der Waals surface area contributed by atoms with Crippen LogP contribution in [0.4, 0.5) is 5.69 Å². The van der Waals surface area contributed by atoms with Gasteiger partial charge < -0.3 is 0 Å². The monoisotopic (exact) mass is 451 g/mol. The largest absolute Gasteiger partial charge is 0.280 e. The number of sulfonamides is 1. The Bertz CT molecular complexity index is 1130. The van der Waals surface area contributed by atoms with Gasteiger partial charge >= 0.3 is 0 Å². The van der Waals surface area contributed by atoms with Gasteiger partial charge in [0.05, 0.1) is 14.7 Å². The van der Waals surface area contributed by atoms with Crippen LogP contribution in [0.2, 0.25) is 0 Å². The molecule has 0 aromatic heterocycles. The number of para-hydroxylation sites is 1. The minimum Gasteiger partial charge on any atom is -0.280 e. The number of halogens is 1. The molecule has 0 amide bonds. The van der Waals surface area contributed by atoms with E-state index in [0.717, 1.165) is 10.5 Å². The van der Waals surface area contributed by atoms with Crippen molar-refractivity contribution in [2.24, 2.45) is 0 Å². The third-order valence-corrected chi connectivity index (χ3v) is 7.25. The van der Waals surface area contributed by atoms with Gasteiger partial charge in [0.1, 0.15) is 0 Å². The number of hydrogen-bond donors (Lipinski definition) is 1. The Hall–Kier alpha value is -2.16. The predicted molar refractivity (Wildman–Crippen MR) is 103 cm³/mol. The van der Waals surface area contributed by atoms with Crippen LogP contribution in [-0.4, -0.2) is 16.8 Å². The zero-order valence-electron chi connectivity index (χ0n) is 13.3. The fourth-order valence-electron chi connectivity index (χ4n) is 2.28. The Morgan fingerprint density at radius 2 is 1.27 bits per heavy atom. The van der Waals surface area contributed by atoms with Gasteiger partial charge in [-0.2, -0.15) is 0 Å². The lowest BCUT2D eigenvalue weighted by atomic mass is 10.3. The first kappa shape index (κ1) is 18.6. The Morgan fingerprint density at radius 3 is 1.92 bits per heavy atom. The molecule has 0 aliphatic carbocycles. The molecule has 26 heavy (non-hydrogen) atoms. The van der Waals surface area contributed by atoms with E-state index in [-0.39, 0.29) is 14.7 Å². The van der Waals surface area contributed by atoms with Crippen LogP contribution in [0.15, 0.2) is 98.0 Å². The molecule has 3 aromatic carbocycles. The summed E-state index contributed by atoms with van der Waals surface area (Å²) in [5.41, 5.74) is 0.397. The Labute approximate surface area is 160 Å². The smallest absolute Gasteiger partial charge is 0.261 e. The van der Waals surface area contributed by atoms with E-state index < -0.39 is 19.9 Å². The maximum Gasteiger partial charge on any atom is 0.261 e. The lowest BCUT2D eigenvalue weighted by molar-refractivity contribution is 0.595. The predicted octanol–water partition coefficient (Wildman–Crippen LogP) is 4.08. The molecule has 3 rings (SSSR count). The maximum absolute atomic E-state index is 12.8. The lowest BCUT2D eigenvalue weighted by Crippen LogP contribution is -2.13. The Kier molecular flexibility index (Phi) is 5.17. The second kappa shape index (κ2) is 7.22. The van der Waals surface area contributed by atoms with E-state index in [2.05, 4.69) is 20.7 Å². The summed E-state index contributed by atoms with van der Waals surface area (Å²) in [7, 11) is -7.73. The zero-order chi connectivity index (χ0) is 18.8. The van der Waals surface area contributed by atoms with Gasteiger partial charge in [0, 0.05) is 10.2 Å². The summed E-state index contributed by atoms with van der Waals surface area (Å²) >= 11 is 3.26. The second-order valence-electron chi connectivity index (χ2n) is 5.40. The van der Waals surface area contributed by atoms with Crippen LogP contribution in [0.25, 0.3) is 0 Å². The number of hydrogen-bond acceptors (Lipinski definition) is 4. The highest BCUT2D eigenvalue weighted by Crippen LogP contribution is 2.25. The average Bonchev–Trinajstić information content (AvgIpc) is 2.63. The molecule has 0 fully saturated rings. The summed E-state index contributed by atoms with van der Waals surface area (Å²) in [4.78, 5) is -0.124. The topological polar surface area (TPSA) is 80.3 Å². The molecule has 0 unspecified atom stereocenters. The van der Waals surface area contributed by atoms with E-state index >= 15 is 0 Å². The molecule has 0 radical (unpaired) electrons. The van der Waals surface area contributed by atoms with Gasteiger partial charge in [0.15, 0.2) is 0 Å². The van der Waals surface area contributed by atoms with Gasteiger partial charge in [0.25, 0.3) is 10.0 Å². The second-order valence-corrected chi connectivity index (χ2v) is 9.95. The molecule has 0 bridgehead atoms. The van der Waals surface area contributed by atoms with E-state index in [1.165, 1.54) is 30.3 Å². The van der Waals surface area contributed by atoms with Crippen molar-refractivity contribution in [3.05, 3.63) is 83.3 Å². The van der Waals surface area contributed by atoms with Crippen LogP contribution in [-0.2, 0) is 19.9 Å². The molecule has 0 atom stereocenters. The normalized spacial score (nSPS) is 11.9. The number of nitrogens with one attached hydrogen (secondary N) is 1. The quantitative estimate of drug-likeness (QED) is 0.633. The third kappa shape index (κ3) is 3.98. The first-order valence-electron chi connectivity index (χ1n) is 7.48. The molecule has 0 spiro atoms. The van der Waals surface area contributed by atoms with Crippen molar-refractivity contribution in [1.82, 2.24) is 0 Å². The fourth-order valence-corrected chi connectivity index (χ4v) is 5.03. The molecule has 0 aliphatic heterocycles. The molecular formula is C18H14BrNO4S2. The van der Waals surface area contributed by atoms with Crippen molar-refractivity contribution in [3.8, 4) is 0 Å². The highest BCUT2D eigenvalue weighted by atomic mass is 79.9. The summed E-state index contributed by atoms with van der Waals surface area (Å²) in [6.07, 6.45) is 0. The summed E-state index contributed by atoms with van der Waals surface area (Å²) in [6.45, 7) is 0. The van der Waals surface area contributed by atoms with Crippen LogP contribution in [0, 0.1) is 0 Å². The minimum atomic E-state index is -3.91. The van der Waals surface area contributed by atoms with E-state index in [0.29, 0.717) is 5.69 Å². The molecule has 134 valence electrons. The lowest BCUT2D eigenvalue weighted by Gasteiger charge is -2.10. The number of rotatable bonds is 5. The van der Waals surface area contributed by atoms with Crippen molar-refractivity contribution in [3.63, 3.8) is 0 Å². The van der Waals surface area contributed by atoms with Crippen LogP contribution in [0.1, 0.15) is 0 Å². The van der Waals surface area contributed by atoms with Gasteiger partial charge in [-0.15, -0.1) is 0 Å². The van der Waals surface area contributed by atoms with E-state index in [1.54, 1.807) is 42.5 Å². The molecule has 5 nitrogen and oxygen atoms in total. The summed E-state index contributed by atoms with van der Waals surface area (Å²) in [5.74, 6) is 0. The SMILES string of the molecule is O=S(=O)(Nc1ccccc1)c1cccc(S(=O)(=O)c2ccc(Br)cc2)c1.